The van der Waals surface area contributed by atoms with E-state index in [1.807, 2.05) is 0 Å². The first kappa shape index (κ1) is 23.9. The number of allylic oxidation sites excluding steroid dienone is 1. The van der Waals surface area contributed by atoms with Crippen molar-refractivity contribution in [3.63, 3.8) is 0 Å². The minimum Gasteiger partial charge on any atom is -0.103 e. The molecule has 0 aliphatic heterocycles. The maximum Gasteiger partial charge on any atom is 0.0249 e. The topological polar surface area (TPSA) is 0 Å². The fraction of sp³-hybridized carbons (Fsp3) is 0.515. The molecular weight excluding hydrogens is 396 g/mol. The van der Waals surface area contributed by atoms with Gasteiger partial charge in [0.2, 0.25) is 0 Å². The lowest BCUT2D eigenvalue weighted by Crippen LogP contribution is -2.17. The highest BCUT2D eigenvalue weighted by atomic mass is 14.3. The minimum atomic E-state index is 0.751. The van der Waals surface area contributed by atoms with E-state index in [9.17, 15) is 0 Å². The van der Waals surface area contributed by atoms with Crippen molar-refractivity contribution in [2.24, 2.45) is 17.8 Å². The van der Waals surface area contributed by atoms with Crippen molar-refractivity contribution in [3.8, 4) is 11.8 Å². The first-order valence-corrected chi connectivity index (χ1v) is 13.5. The number of aryl methyl sites for hydroxylation is 1. The lowest BCUT2D eigenvalue weighted by atomic mass is 9.74. The van der Waals surface area contributed by atoms with Gasteiger partial charge in [0.15, 0.2) is 0 Å². The molecule has 2 saturated carbocycles. The largest absolute Gasteiger partial charge is 0.103 e. The molecule has 0 atom stereocenters. The van der Waals surface area contributed by atoms with Gasteiger partial charge in [-0.3, -0.25) is 0 Å². The van der Waals surface area contributed by atoms with Crippen LogP contribution in [0, 0.1) is 36.5 Å². The van der Waals surface area contributed by atoms with Gasteiger partial charge < -0.3 is 0 Å². The van der Waals surface area contributed by atoms with Crippen LogP contribution in [0.5, 0.6) is 0 Å². The molecule has 0 saturated heterocycles. The Morgan fingerprint density at radius 1 is 0.667 bits per heavy atom. The second-order valence-electron chi connectivity index (χ2n) is 10.8. The average molecular weight is 439 g/mol. The summed E-state index contributed by atoms with van der Waals surface area (Å²) in [4.78, 5) is 0. The molecular formula is C33H42. The van der Waals surface area contributed by atoms with Gasteiger partial charge in [-0.15, -0.1) is 6.58 Å². The highest BCUT2D eigenvalue weighted by Gasteiger charge is 2.25. The van der Waals surface area contributed by atoms with E-state index in [-0.39, 0.29) is 0 Å². The molecule has 2 aromatic rings. The molecule has 0 radical (unpaired) electrons. The smallest absolute Gasteiger partial charge is 0.0249 e. The molecule has 2 aromatic carbocycles. The van der Waals surface area contributed by atoms with Gasteiger partial charge in [0.25, 0.3) is 0 Å². The van der Waals surface area contributed by atoms with Gasteiger partial charge in [-0.2, -0.15) is 0 Å². The number of benzene rings is 2. The Morgan fingerprint density at radius 2 is 1.12 bits per heavy atom. The zero-order valence-electron chi connectivity index (χ0n) is 20.7. The van der Waals surface area contributed by atoms with E-state index < -0.39 is 0 Å². The first-order chi connectivity index (χ1) is 16.2. The third kappa shape index (κ3) is 7.37. The van der Waals surface area contributed by atoms with E-state index >= 15 is 0 Å². The maximum atomic E-state index is 3.88. The first-order valence-electron chi connectivity index (χ1n) is 13.5. The average Bonchev–Trinajstić information content (AvgIpc) is 2.87. The summed E-state index contributed by atoms with van der Waals surface area (Å²) in [5, 5.41) is 0. The third-order valence-electron chi connectivity index (χ3n) is 8.36. The van der Waals surface area contributed by atoms with Gasteiger partial charge in [0, 0.05) is 11.1 Å². The number of hydrogen-bond acceptors (Lipinski definition) is 0. The van der Waals surface area contributed by atoms with Crippen molar-refractivity contribution in [1.29, 1.82) is 0 Å². The van der Waals surface area contributed by atoms with E-state index in [0.29, 0.717) is 0 Å². The van der Waals surface area contributed by atoms with Crippen LogP contribution < -0.4 is 0 Å². The molecule has 174 valence electrons. The Morgan fingerprint density at radius 3 is 1.64 bits per heavy atom. The van der Waals surface area contributed by atoms with Crippen LogP contribution >= 0.6 is 0 Å². The minimum absolute atomic E-state index is 0.751. The molecule has 0 bridgehead atoms. The Bertz CT molecular complexity index is 905. The SMILES string of the molecule is C=CCCC1CCC(CCC2CCC(c3ccc(C#Cc4ccc(C)cc4)cc3)CC2)CC1. The van der Waals surface area contributed by atoms with Gasteiger partial charge in [0.05, 0.1) is 0 Å². The molecule has 0 nitrogen and oxygen atoms in total. The standard InChI is InChI=1S/C33H42/c1-3-4-5-27-10-12-29(13-11-27)15-17-31-20-24-33(25-21-31)32-22-18-30(19-23-32)16-14-28-8-6-26(2)7-9-28/h3,6-9,18-19,22-23,27,29,31,33H,1,4-5,10-13,15,17,20-21,24-25H2,2H3. The Kier molecular flexibility index (Phi) is 8.88. The highest BCUT2D eigenvalue weighted by molar-refractivity contribution is 5.44. The fourth-order valence-electron chi connectivity index (χ4n) is 6.04. The summed E-state index contributed by atoms with van der Waals surface area (Å²) in [5.74, 6) is 10.3. The summed E-state index contributed by atoms with van der Waals surface area (Å²) >= 11 is 0. The normalized spacial score (nSPS) is 25.1. The Labute approximate surface area is 202 Å². The molecule has 2 aliphatic carbocycles. The summed E-state index contributed by atoms with van der Waals surface area (Å²) in [6.45, 7) is 6.00. The van der Waals surface area contributed by atoms with Crippen LogP contribution in [0.2, 0.25) is 0 Å². The van der Waals surface area contributed by atoms with Crippen LogP contribution in [0.15, 0.2) is 61.2 Å². The fourth-order valence-corrected chi connectivity index (χ4v) is 6.04. The van der Waals surface area contributed by atoms with Crippen molar-refractivity contribution in [1.82, 2.24) is 0 Å². The van der Waals surface area contributed by atoms with Crippen LogP contribution in [0.25, 0.3) is 0 Å². The van der Waals surface area contributed by atoms with Gasteiger partial charge >= 0.3 is 0 Å². The van der Waals surface area contributed by atoms with Crippen LogP contribution in [0.4, 0.5) is 0 Å². The summed E-state index contributed by atoms with van der Waals surface area (Å²) in [7, 11) is 0. The zero-order valence-corrected chi connectivity index (χ0v) is 20.7. The van der Waals surface area contributed by atoms with Crippen LogP contribution in [0.1, 0.15) is 105 Å². The lowest BCUT2D eigenvalue weighted by Gasteiger charge is -2.32. The van der Waals surface area contributed by atoms with Crippen molar-refractivity contribution in [3.05, 3.63) is 83.4 Å². The van der Waals surface area contributed by atoms with Gasteiger partial charge in [-0.1, -0.05) is 86.3 Å². The van der Waals surface area contributed by atoms with Crippen molar-refractivity contribution < 1.29 is 0 Å². The lowest BCUT2D eigenvalue weighted by molar-refractivity contribution is 0.225. The molecule has 0 aromatic heterocycles. The van der Waals surface area contributed by atoms with Gasteiger partial charge in [-0.05, 0) is 98.9 Å². The van der Waals surface area contributed by atoms with Crippen molar-refractivity contribution >= 4 is 0 Å². The van der Waals surface area contributed by atoms with E-state index in [0.717, 1.165) is 34.8 Å². The number of rotatable bonds is 7. The van der Waals surface area contributed by atoms with E-state index in [4.69, 9.17) is 0 Å². The maximum absolute atomic E-state index is 3.88. The molecule has 0 N–H and O–H groups in total. The second-order valence-corrected chi connectivity index (χ2v) is 10.8. The highest BCUT2D eigenvalue weighted by Crippen LogP contribution is 2.40. The summed E-state index contributed by atoms with van der Waals surface area (Å²) in [6.07, 6.45) is 19.1. The van der Waals surface area contributed by atoms with Crippen LogP contribution in [0.3, 0.4) is 0 Å². The summed E-state index contributed by atoms with van der Waals surface area (Å²) < 4.78 is 0. The van der Waals surface area contributed by atoms with Gasteiger partial charge in [-0.25, -0.2) is 0 Å². The van der Waals surface area contributed by atoms with Crippen molar-refractivity contribution in [2.45, 2.75) is 89.9 Å². The monoisotopic (exact) mass is 438 g/mol. The third-order valence-corrected chi connectivity index (χ3v) is 8.36. The van der Waals surface area contributed by atoms with E-state index in [2.05, 4.69) is 80.0 Å². The molecule has 33 heavy (non-hydrogen) atoms. The van der Waals surface area contributed by atoms with Crippen LogP contribution in [-0.4, -0.2) is 0 Å². The zero-order chi connectivity index (χ0) is 22.9. The molecule has 0 unspecified atom stereocenters. The Balaban J connectivity index is 1.18. The molecule has 0 amide bonds. The van der Waals surface area contributed by atoms with Crippen molar-refractivity contribution in [2.75, 3.05) is 0 Å². The molecule has 0 heterocycles. The molecule has 4 rings (SSSR count). The molecule has 0 spiro atoms. The predicted molar refractivity (Wildman–Crippen MR) is 142 cm³/mol. The second kappa shape index (κ2) is 12.3. The van der Waals surface area contributed by atoms with Gasteiger partial charge in [0.1, 0.15) is 0 Å². The Hall–Kier alpha value is -2.26. The molecule has 0 heteroatoms. The van der Waals surface area contributed by atoms with Crippen LogP contribution in [-0.2, 0) is 0 Å². The van der Waals surface area contributed by atoms with E-state index in [1.54, 1.807) is 0 Å². The van der Waals surface area contributed by atoms with E-state index in [1.165, 1.54) is 88.2 Å². The molecule has 2 aliphatic rings. The summed E-state index contributed by atoms with van der Waals surface area (Å²) in [6, 6.07) is 17.5. The molecule has 2 fully saturated rings. The quantitative estimate of drug-likeness (QED) is 0.298. The number of hydrogen-bond donors (Lipinski definition) is 0. The predicted octanol–water partition coefficient (Wildman–Crippen LogP) is 9.22. The summed E-state index contributed by atoms with van der Waals surface area (Å²) in [5.41, 5.74) is 5.00.